The minimum Gasteiger partial charge on any atom is -0.316 e. The molecular formula is C29H33BrN4O. The first-order valence-corrected chi connectivity index (χ1v) is 14.2. The fourth-order valence-electron chi connectivity index (χ4n) is 7.24. The lowest BCUT2D eigenvalue weighted by Gasteiger charge is -2.38. The molecule has 0 amide bonds. The Hall–Kier alpha value is -2.02. The van der Waals surface area contributed by atoms with Crippen molar-refractivity contribution in [3.8, 4) is 5.69 Å². The molecule has 35 heavy (non-hydrogen) atoms. The molecule has 3 fully saturated rings. The van der Waals surface area contributed by atoms with Gasteiger partial charge in [0.1, 0.15) is 5.82 Å². The Balaban J connectivity index is 1.29. The van der Waals surface area contributed by atoms with Gasteiger partial charge in [0.15, 0.2) is 0 Å². The van der Waals surface area contributed by atoms with Gasteiger partial charge in [0.05, 0.1) is 22.0 Å². The Bertz CT molecular complexity index is 1350. The number of rotatable bonds is 3. The molecule has 0 unspecified atom stereocenters. The molecule has 4 heterocycles. The van der Waals surface area contributed by atoms with Gasteiger partial charge in [-0.25, -0.2) is 0 Å². The molecule has 1 saturated carbocycles. The zero-order chi connectivity index (χ0) is 23.6. The van der Waals surface area contributed by atoms with Crippen LogP contribution in [0.1, 0.15) is 67.8 Å². The van der Waals surface area contributed by atoms with Gasteiger partial charge in [-0.15, -0.1) is 0 Å². The van der Waals surface area contributed by atoms with E-state index in [1.807, 2.05) is 12.1 Å². The second-order valence-electron chi connectivity index (χ2n) is 11.2. The van der Waals surface area contributed by atoms with Crippen LogP contribution in [0.15, 0.2) is 45.7 Å². The van der Waals surface area contributed by atoms with Crippen LogP contribution in [0.2, 0.25) is 0 Å². The van der Waals surface area contributed by atoms with Crippen molar-refractivity contribution >= 4 is 26.8 Å². The molecule has 1 aliphatic carbocycles. The van der Waals surface area contributed by atoms with Gasteiger partial charge in [0.2, 0.25) is 0 Å². The normalized spacial score (nSPS) is 22.3. The summed E-state index contributed by atoms with van der Waals surface area (Å²) in [6.45, 7) is 6.05. The molecule has 0 radical (unpaired) electrons. The van der Waals surface area contributed by atoms with Crippen LogP contribution in [0.5, 0.6) is 0 Å². The first-order chi connectivity index (χ1) is 17.1. The van der Waals surface area contributed by atoms with E-state index in [2.05, 4.69) is 55.0 Å². The summed E-state index contributed by atoms with van der Waals surface area (Å²) in [4.78, 5) is 20.7. The van der Waals surface area contributed by atoms with Gasteiger partial charge in [-0.1, -0.05) is 37.5 Å². The van der Waals surface area contributed by atoms with E-state index >= 15 is 0 Å². The van der Waals surface area contributed by atoms with Crippen LogP contribution in [0.3, 0.4) is 0 Å². The van der Waals surface area contributed by atoms with Crippen molar-refractivity contribution in [2.75, 3.05) is 32.7 Å². The van der Waals surface area contributed by atoms with E-state index in [1.54, 1.807) is 0 Å². The third kappa shape index (κ3) is 3.47. The van der Waals surface area contributed by atoms with Crippen LogP contribution in [0.4, 0.5) is 0 Å². The number of fused-ring (bicyclic) bond motifs is 7. The minimum absolute atomic E-state index is 0.106. The van der Waals surface area contributed by atoms with Gasteiger partial charge in [-0.2, -0.15) is 4.98 Å². The predicted octanol–water partition coefficient (Wildman–Crippen LogP) is 5.11. The third-order valence-electron chi connectivity index (χ3n) is 9.22. The molecule has 7 rings (SSSR count). The lowest BCUT2D eigenvalue weighted by molar-refractivity contribution is 0.158. The number of piperidine rings is 1. The van der Waals surface area contributed by atoms with Gasteiger partial charge in [0, 0.05) is 24.1 Å². The SMILES string of the molecule is O=c1nc2n(c3cccc(Br)c13)-c1ccc(C3CCN(CC4CNC4)CC3)cc1C21CCCCC1. The third-order valence-corrected chi connectivity index (χ3v) is 9.88. The maximum absolute atomic E-state index is 13.2. The second-order valence-corrected chi connectivity index (χ2v) is 12.1. The molecule has 6 heteroatoms. The number of aromatic nitrogens is 2. The Kier molecular flexibility index (Phi) is 5.41. The Morgan fingerprint density at radius 1 is 1.06 bits per heavy atom. The monoisotopic (exact) mass is 532 g/mol. The second kappa shape index (κ2) is 8.53. The maximum Gasteiger partial charge on any atom is 0.281 e. The van der Waals surface area contributed by atoms with Gasteiger partial charge in [-0.3, -0.25) is 9.36 Å². The lowest BCUT2D eigenvalue weighted by atomic mass is 9.69. The van der Waals surface area contributed by atoms with E-state index in [1.165, 1.54) is 81.6 Å². The molecule has 5 nitrogen and oxygen atoms in total. The van der Waals surface area contributed by atoms with Crippen LogP contribution >= 0.6 is 15.9 Å². The summed E-state index contributed by atoms with van der Waals surface area (Å²) in [5.74, 6) is 2.45. The lowest BCUT2D eigenvalue weighted by Crippen LogP contribution is -2.49. The molecule has 1 aromatic heterocycles. The van der Waals surface area contributed by atoms with E-state index in [0.29, 0.717) is 11.3 Å². The average Bonchev–Trinajstić information content (AvgIpc) is 3.11. The highest BCUT2D eigenvalue weighted by atomic mass is 79.9. The molecular weight excluding hydrogens is 500 g/mol. The van der Waals surface area contributed by atoms with Gasteiger partial charge < -0.3 is 10.2 Å². The Morgan fingerprint density at radius 3 is 2.60 bits per heavy atom. The van der Waals surface area contributed by atoms with Gasteiger partial charge in [0.25, 0.3) is 5.56 Å². The van der Waals surface area contributed by atoms with Crippen LogP contribution in [-0.2, 0) is 5.41 Å². The number of hydrogen-bond donors (Lipinski definition) is 1. The fourth-order valence-corrected chi connectivity index (χ4v) is 7.76. The zero-order valence-corrected chi connectivity index (χ0v) is 21.8. The summed E-state index contributed by atoms with van der Waals surface area (Å²) in [7, 11) is 0. The molecule has 0 atom stereocenters. The summed E-state index contributed by atoms with van der Waals surface area (Å²) in [6, 6.07) is 13.3. The molecule has 4 aliphatic rings. The molecule has 2 aromatic carbocycles. The van der Waals surface area contributed by atoms with Crippen LogP contribution in [-0.4, -0.2) is 47.2 Å². The van der Waals surface area contributed by atoms with Crippen molar-refractivity contribution in [3.05, 3.63) is 68.2 Å². The van der Waals surface area contributed by atoms with Crippen LogP contribution < -0.4 is 10.9 Å². The van der Waals surface area contributed by atoms with Crippen molar-refractivity contribution in [2.45, 2.75) is 56.3 Å². The van der Waals surface area contributed by atoms with E-state index in [-0.39, 0.29) is 11.0 Å². The molecule has 2 saturated heterocycles. The summed E-state index contributed by atoms with van der Waals surface area (Å²) in [6.07, 6.45) is 8.33. The van der Waals surface area contributed by atoms with Crippen molar-refractivity contribution in [1.82, 2.24) is 19.8 Å². The largest absolute Gasteiger partial charge is 0.316 e. The van der Waals surface area contributed by atoms with Crippen molar-refractivity contribution < 1.29 is 0 Å². The molecule has 1 spiro atoms. The first kappa shape index (κ1) is 22.2. The zero-order valence-electron chi connectivity index (χ0n) is 20.2. The molecule has 182 valence electrons. The molecule has 0 bridgehead atoms. The highest BCUT2D eigenvalue weighted by Gasteiger charge is 2.46. The van der Waals surface area contributed by atoms with Crippen molar-refractivity contribution in [1.29, 1.82) is 0 Å². The first-order valence-electron chi connectivity index (χ1n) is 13.4. The number of likely N-dealkylation sites (tertiary alicyclic amines) is 1. The quantitative estimate of drug-likeness (QED) is 0.509. The van der Waals surface area contributed by atoms with E-state index < -0.39 is 0 Å². The number of halogens is 1. The van der Waals surface area contributed by atoms with Crippen LogP contribution in [0.25, 0.3) is 16.6 Å². The van der Waals surface area contributed by atoms with Crippen molar-refractivity contribution in [2.24, 2.45) is 5.92 Å². The highest BCUT2D eigenvalue weighted by Crippen LogP contribution is 2.52. The van der Waals surface area contributed by atoms with Crippen molar-refractivity contribution in [3.63, 3.8) is 0 Å². The smallest absolute Gasteiger partial charge is 0.281 e. The minimum atomic E-state index is -0.128. The summed E-state index contributed by atoms with van der Waals surface area (Å²) in [5, 5.41) is 4.09. The van der Waals surface area contributed by atoms with Gasteiger partial charge >= 0.3 is 0 Å². The van der Waals surface area contributed by atoms with E-state index in [9.17, 15) is 4.79 Å². The maximum atomic E-state index is 13.2. The van der Waals surface area contributed by atoms with E-state index in [4.69, 9.17) is 4.98 Å². The number of hydrogen-bond acceptors (Lipinski definition) is 4. The van der Waals surface area contributed by atoms with Crippen LogP contribution in [0, 0.1) is 5.92 Å². The average molecular weight is 534 g/mol. The molecule has 1 N–H and O–H groups in total. The highest BCUT2D eigenvalue weighted by molar-refractivity contribution is 9.10. The Morgan fingerprint density at radius 2 is 1.86 bits per heavy atom. The number of benzene rings is 2. The standard InChI is InChI=1S/C29H33BrN4O/c30-23-5-4-6-25-26(23)27(35)32-28-29(11-2-1-3-12-29)22-15-21(7-8-24(22)34(25)28)20-9-13-33(14-10-20)18-19-16-31-17-19/h4-8,15,19-20,31H,1-3,9-14,16-18H2. The topological polar surface area (TPSA) is 50.2 Å². The fraction of sp³-hybridized carbons (Fsp3) is 0.517. The summed E-state index contributed by atoms with van der Waals surface area (Å²) in [5.41, 5.74) is 4.88. The van der Waals surface area contributed by atoms with E-state index in [0.717, 1.165) is 34.6 Å². The molecule has 3 aromatic rings. The number of nitrogens with one attached hydrogen (secondary N) is 1. The summed E-state index contributed by atoms with van der Waals surface area (Å²) < 4.78 is 3.14. The van der Waals surface area contributed by atoms with Gasteiger partial charge in [-0.05, 0) is 95.9 Å². The summed E-state index contributed by atoms with van der Waals surface area (Å²) >= 11 is 3.61. The number of nitrogens with zero attached hydrogens (tertiary/aromatic N) is 3. The Labute approximate surface area is 215 Å². The predicted molar refractivity (Wildman–Crippen MR) is 144 cm³/mol. The molecule has 3 aliphatic heterocycles.